The van der Waals surface area contributed by atoms with E-state index in [1.807, 2.05) is 0 Å². The summed E-state index contributed by atoms with van der Waals surface area (Å²) in [5.74, 6) is 0. The largest absolute Gasteiger partial charge is 0.334 e. The van der Waals surface area contributed by atoms with Gasteiger partial charge in [-0.25, -0.2) is 0 Å². The molecule has 0 amide bonds. The monoisotopic (exact) mass is 1040 g/mol. The fourth-order valence-electron chi connectivity index (χ4n) is 16.3. The molecule has 3 nitrogen and oxygen atoms in total. The third kappa shape index (κ3) is 6.63. The van der Waals surface area contributed by atoms with E-state index in [2.05, 4.69) is 280 Å². The molecule has 0 spiro atoms. The highest BCUT2D eigenvalue weighted by Gasteiger charge is 2.58. The quantitative estimate of drug-likeness (QED) is 0.163. The van der Waals surface area contributed by atoms with Gasteiger partial charge in [-0.2, -0.15) is 0 Å². The lowest BCUT2D eigenvalue weighted by molar-refractivity contribution is 0.195. The van der Waals surface area contributed by atoms with Crippen molar-refractivity contribution >= 4 is 68.6 Å². The highest BCUT2D eigenvalue weighted by atomic mass is 15.3. The highest BCUT2D eigenvalue weighted by molar-refractivity contribution is 7.00. The Bertz CT molecular complexity index is 4110. The van der Waals surface area contributed by atoms with Gasteiger partial charge in [-0.05, 0) is 168 Å². The number of anilines is 8. The van der Waals surface area contributed by atoms with Crippen molar-refractivity contribution in [3.05, 3.63) is 221 Å². The summed E-state index contributed by atoms with van der Waals surface area (Å²) in [5.41, 5.74) is 31.0. The summed E-state index contributed by atoms with van der Waals surface area (Å²) >= 11 is 0. The Kier molecular flexibility index (Phi) is 10.2. The van der Waals surface area contributed by atoms with E-state index in [-0.39, 0.29) is 39.3 Å². The first-order valence-corrected chi connectivity index (χ1v) is 29.8. The van der Waals surface area contributed by atoms with Crippen molar-refractivity contribution < 1.29 is 0 Å². The molecule has 9 aromatic rings. The number of nitrogens with zero attached hydrogens (tertiary/aromatic N) is 3. The molecule has 15 rings (SSSR count). The Labute approximate surface area is 476 Å². The topological polar surface area (TPSA) is 9.72 Å². The molecule has 4 heteroatoms. The van der Waals surface area contributed by atoms with Crippen molar-refractivity contribution in [1.82, 2.24) is 0 Å². The minimum atomic E-state index is -0.198. The maximum Gasteiger partial charge on any atom is 0.252 e. The standard InChI is InChI=1S/C76H74BN3/c1-71(2,3)49-32-36-61-65(42-49)78(51-34-35-58-55(44-51)53-25-16-18-27-56(53)73(58,7)8)67-45-52(80-63-38-31-48(47-23-14-13-15-24-47)41-60(63)75(11)39-20-21-40-76(75,80)12)46-68-70(67)77(61)62-37-33-50(72(4,5)6)43-66(62)79(68)64-30-22-29-59-69(64)54-26-17-19-28-57(54)74(59,9)10/h13-19,22-38,41-46H,20-21,39-40H2,1-12H3. The third-order valence-electron chi connectivity index (χ3n) is 20.9. The summed E-state index contributed by atoms with van der Waals surface area (Å²) < 4.78 is 0. The molecule has 0 N–H and O–H groups in total. The fourth-order valence-corrected chi connectivity index (χ4v) is 16.3. The molecule has 3 heterocycles. The minimum Gasteiger partial charge on any atom is -0.334 e. The van der Waals surface area contributed by atoms with Gasteiger partial charge in [0.25, 0.3) is 6.71 Å². The first kappa shape index (κ1) is 49.5. The van der Waals surface area contributed by atoms with Crippen LogP contribution in [-0.2, 0) is 27.1 Å². The van der Waals surface area contributed by atoms with Gasteiger partial charge >= 0.3 is 0 Å². The van der Waals surface area contributed by atoms with Gasteiger partial charge in [0.15, 0.2) is 0 Å². The predicted molar refractivity (Wildman–Crippen MR) is 341 cm³/mol. The summed E-state index contributed by atoms with van der Waals surface area (Å²) in [5, 5.41) is 0. The lowest BCUT2D eigenvalue weighted by atomic mass is 9.33. The Balaban J connectivity index is 1.08. The van der Waals surface area contributed by atoms with E-state index in [0.717, 1.165) is 12.8 Å². The molecule has 0 radical (unpaired) electrons. The molecule has 6 aliphatic rings. The van der Waals surface area contributed by atoms with Crippen molar-refractivity contribution in [3.63, 3.8) is 0 Å². The van der Waals surface area contributed by atoms with Crippen LogP contribution in [0.15, 0.2) is 182 Å². The molecule has 1 saturated carbocycles. The summed E-state index contributed by atoms with van der Waals surface area (Å²) in [7, 11) is 0. The van der Waals surface area contributed by atoms with Gasteiger partial charge in [0.1, 0.15) is 0 Å². The number of hydrogen-bond donors (Lipinski definition) is 0. The van der Waals surface area contributed by atoms with Crippen LogP contribution in [0.3, 0.4) is 0 Å². The smallest absolute Gasteiger partial charge is 0.252 e. The molecule has 0 aromatic heterocycles. The second-order valence-corrected chi connectivity index (χ2v) is 28.1. The lowest BCUT2D eigenvalue weighted by Crippen LogP contribution is -2.61. The zero-order valence-corrected chi connectivity index (χ0v) is 49.1. The molecule has 0 saturated heterocycles. The van der Waals surface area contributed by atoms with Crippen LogP contribution in [0.1, 0.15) is 148 Å². The van der Waals surface area contributed by atoms with Crippen LogP contribution in [-0.4, -0.2) is 12.3 Å². The number of rotatable bonds is 4. The van der Waals surface area contributed by atoms with Crippen LogP contribution >= 0.6 is 0 Å². The molecule has 2 atom stereocenters. The summed E-state index contributed by atoms with van der Waals surface area (Å²) in [6, 6.07) is 71.8. The summed E-state index contributed by atoms with van der Waals surface area (Å²) in [6.07, 6.45) is 4.68. The van der Waals surface area contributed by atoms with Crippen LogP contribution in [0.4, 0.5) is 45.5 Å². The van der Waals surface area contributed by atoms with Crippen LogP contribution in [0.25, 0.3) is 33.4 Å². The molecule has 3 aliphatic heterocycles. The third-order valence-corrected chi connectivity index (χ3v) is 20.9. The van der Waals surface area contributed by atoms with E-state index >= 15 is 0 Å². The predicted octanol–water partition coefficient (Wildman–Crippen LogP) is 18.4. The number of benzene rings is 9. The SMILES string of the molecule is CC(C)(C)c1ccc2c(c1)N(c1ccc3c(c1)-c1ccccc1C3(C)C)c1cc(N3c4ccc(-c5ccccc5)cc4C4(C)CCCCC34C)cc3c1B2c1ccc(C(C)(C)C)cc1N3c1cccc2c1-c1ccccc1C2(C)C. The average Bonchev–Trinajstić information content (AvgIpc) is 3.97. The second kappa shape index (κ2) is 16.5. The molecular weight excluding hydrogens is 966 g/mol. The first-order valence-electron chi connectivity index (χ1n) is 29.8. The van der Waals surface area contributed by atoms with E-state index in [1.54, 1.807) is 0 Å². The fraction of sp³-hybridized carbons (Fsp3) is 0.289. The summed E-state index contributed by atoms with van der Waals surface area (Å²) in [6.45, 7) is 29.1. The Morgan fingerprint density at radius 3 is 1.65 bits per heavy atom. The number of hydrogen-bond acceptors (Lipinski definition) is 3. The maximum atomic E-state index is 2.84. The maximum absolute atomic E-state index is 2.84. The first-order chi connectivity index (χ1) is 38.2. The van der Waals surface area contributed by atoms with Gasteiger partial charge in [0.2, 0.25) is 0 Å². The van der Waals surface area contributed by atoms with Gasteiger partial charge in [0, 0.05) is 61.6 Å². The van der Waals surface area contributed by atoms with Crippen molar-refractivity contribution in [2.75, 3.05) is 14.7 Å². The minimum absolute atomic E-state index is 0.0287. The lowest BCUT2D eigenvalue weighted by Gasteiger charge is -2.51. The van der Waals surface area contributed by atoms with E-state index in [4.69, 9.17) is 0 Å². The van der Waals surface area contributed by atoms with Gasteiger partial charge < -0.3 is 14.7 Å². The molecule has 9 aromatic carbocycles. The summed E-state index contributed by atoms with van der Waals surface area (Å²) in [4.78, 5) is 8.29. The normalized spacial score (nSPS) is 20.2. The van der Waals surface area contributed by atoms with E-state index in [1.165, 1.54) is 147 Å². The molecule has 80 heavy (non-hydrogen) atoms. The van der Waals surface area contributed by atoms with E-state index in [0.29, 0.717) is 0 Å². The van der Waals surface area contributed by atoms with Crippen molar-refractivity contribution in [3.8, 4) is 33.4 Å². The Morgan fingerprint density at radius 1 is 0.388 bits per heavy atom. The molecule has 3 aliphatic carbocycles. The molecular formula is C76H74BN3. The van der Waals surface area contributed by atoms with Gasteiger partial charge in [-0.3, -0.25) is 0 Å². The zero-order chi connectivity index (χ0) is 55.2. The Hall–Kier alpha value is -7.56. The molecule has 1 fully saturated rings. The van der Waals surface area contributed by atoms with Crippen LogP contribution in [0.2, 0.25) is 0 Å². The van der Waals surface area contributed by atoms with E-state index in [9.17, 15) is 0 Å². The molecule has 396 valence electrons. The molecule has 0 bridgehead atoms. The van der Waals surface area contributed by atoms with Gasteiger partial charge in [0.05, 0.1) is 11.2 Å². The van der Waals surface area contributed by atoms with Gasteiger partial charge in [-0.1, -0.05) is 216 Å². The van der Waals surface area contributed by atoms with Crippen LogP contribution in [0.5, 0.6) is 0 Å². The van der Waals surface area contributed by atoms with Crippen LogP contribution in [0, 0.1) is 0 Å². The highest BCUT2D eigenvalue weighted by Crippen LogP contribution is 2.63. The van der Waals surface area contributed by atoms with E-state index < -0.39 is 0 Å². The van der Waals surface area contributed by atoms with Crippen molar-refractivity contribution in [1.29, 1.82) is 0 Å². The van der Waals surface area contributed by atoms with Gasteiger partial charge in [-0.15, -0.1) is 0 Å². The molecule has 2 unspecified atom stereocenters. The van der Waals surface area contributed by atoms with Crippen molar-refractivity contribution in [2.24, 2.45) is 0 Å². The average molecular weight is 1040 g/mol. The zero-order valence-electron chi connectivity index (χ0n) is 49.1. The van der Waals surface area contributed by atoms with Crippen molar-refractivity contribution in [2.45, 2.75) is 141 Å². The number of fused-ring (bicyclic) bond motifs is 13. The second-order valence-electron chi connectivity index (χ2n) is 28.1. The Morgan fingerprint density at radius 2 is 0.963 bits per heavy atom. The van der Waals surface area contributed by atoms with Crippen LogP contribution < -0.4 is 31.1 Å².